The number of hydrogen-bond donors (Lipinski definition) is 1. The quantitative estimate of drug-likeness (QED) is 0.682. The van der Waals surface area contributed by atoms with Gasteiger partial charge in [-0.15, -0.1) is 11.8 Å². The second-order valence-corrected chi connectivity index (χ2v) is 8.35. The van der Waals surface area contributed by atoms with E-state index in [2.05, 4.69) is 51.2 Å². The molecule has 0 atom stereocenters. The average Bonchev–Trinajstić information content (AvgIpc) is 2.60. The van der Waals surface area contributed by atoms with E-state index in [1.807, 2.05) is 30.3 Å². The van der Waals surface area contributed by atoms with Crippen LogP contribution in [-0.4, -0.2) is 24.8 Å². The number of carbonyl (C=O) groups excluding carboxylic acids is 1. The van der Waals surface area contributed by atoms with Crippen molar-refractivity contribution >= 4 is 17.7 Å². The third-order valence-corrected chi connectivity index (χ3v) is 5.11. The van der Waals surface area contributed by atoms with E-state index in [0.29, 0.717) is 18.9 Å². The number of thioether (sulfide) groups is 1. The van der Waals surface area contributed by atoms with Crippen molar-refractivity contribution in [2.75, 3.05) is 18.9 Å². The fourth-order valence-corrected chi connectivity index (χ4v) is 3.57. The Balaban J connectivity index is 1.69. The number of para-hydroxylation sites is 1. The molecule has 26 heavy (non-hydrogen) atoms. The number of nitrogens with one attached hydrogen (secondary N) is 1. The van der Waals surface area contributed by atoms with Gasteiger partial charge in [0.2, 0.25) is 5.91 Å². The minimum Gasteiger partial charge on any atom is -0.491 e. The zero-order chi connectivity index (χ0) is 19.0. The molecule has 1 amide bonds. The summed E-state index contributed by atoms with van der Waals surface area (Å²) in [5, 5.41) is 2.93. The van der Waals surface area contributed by atoms with E-state index in [1.54, 1.807) is 11.8 Å². The first-order valence-electron chi connectivity index (χ1n) is 8.99. The Morgan fingerprint density at radius 2 is 1.77 bits per heavy atom. The third kappa shape index (κ3) is 6.41. The highest BCUT2D eigenvalue weighted by atomic mass is 32.2. The lowest BCUT2D eigenvalue weighted by molar-refractivity contribution is -0.118. The second-order valence-electron chi connectivity index (χ2n) is 7.36. The lowest BCUT2D eigenvalue weighted by Crippen LogP contribution is -2.29. The molecule has 0 saturated heterocycles. The minimum atomic E-state index is 0.0338. The van der Waals surface area contributed by atoms with Crippen molar-refractivity contribution in [2.45, 2.75) is 38.9 Å². The van der Waals surface area contributed by atoms with Crippen LogP contribution in [0.3, 0.4) is 0 Å². The minimum absolute atomic E-state index is 0.0338. The van der Waals surface area contributed by atoms with Crippen molar-refractivity contribution in [3.05, 3.63) is 65.2 Å². The summed E-state index contributed by atoms with van der Waals surface area (Å²) in [5.74, 6) is 2.27. The van der Waals surface area contributed by atoms with E-state index in [0.717, 1.165) is 11.5 Å². The van der Waals surface area contributed by atoms with Crippen molar-refractivity contribution in [1.29, 1.82) is 0 Å². The molecule has 0 aromatic heterocycles. The molecule has 0 aliphatic rings. The van der Waals surface area contributed by atoms with Crippen molar-refractivity contribution < 1.29 is 9.53 Å². The van der Waals surface area contributed by atoms with Gasteiger partial charge in [-0.25, -0.2) is 0 Å². The van der Waals surface area contributed by atoms with Gasteiger partial charge in [0.05, 0.1) is 12.3 Å². The van der Waals surface area contributed by atoms with Crippen molar-refractivity contribution in [2.24, 2.45) is 0 Å². The van der Waals surface area contributed by atoms with Crippen LogP contribution in [0.15, 0.2) is 48.5 Å². The van der Waals surface area contributed by atoms with E-state index >= 15 is 0 Å². The molecule has 0 fully saturated rings. The van der Waals surface area contributed by atoms with Gasteiger partial charge in [0, 0.05) is 5.75 Å². The lowest BCUT2D eigenvalue weighted by atomic mass is 9.86. The normalized spacial score (nSPS) is 11.2. The Labute approximate surface area is 161 Å². The van der Waals surface area contributed by atoms with Crippen LogP contribution in [0.5, 0.6) is 5.75 Å². The van der Waals surface area contributed by atoms with Crippen molar-refractivity contribution in [1.82, 2.24) is 5.32 Å². The van der Waals surface area contributed by atoms with Gasteiger partial charge >= 0.3 is 0 Å². The van der Waals surface area contributed by atoms with Crippen LogP contribution in [0.2, 0.25) is 0 Å². The maximum absolute atomic E-state index is 12.0. The lowest BCUT2D eigenvalue weighted by Gasteiger charge is -2.22. The molecular formula is C22H29NO2S. The molecule has 0 saturated carbocycles. The van der Waals surface area contributed by atoms with Crippen LogP contribution in [0.1, 0.15) is 37.5 Å². The fourth-order valence-electron chi connectivity index (χ4n) is 2.64. The summed E-state index contributed by atoms with van der Waals surface area (Å²) in [5.41, 5.74) is 3.77. The molecular weight excluding hydrogens is 342 g/mol. The maximum Gasteiger partial charge on any atom is 0.230 e. The zero-order valence-corrected chi connectivity index (χ0v) is 17.0. The van der Waals surface area contributed by atoms with Gasteiger partial charge in [-0.3, -0.25) is 4.79 Å². The molecule has 4 heteroatoms. The van der Waals surface area contributed by atoms with Crippen LogP contribution in [0.4, 0.5) is 0 Å². The van der Waals surface area contributed by atoms with E-state index in [4.69, 9.17) is 4.74 Å². The predicted molar refractivity (Wildman–Crippen MR) is 111 cm³/mol. The number of ether oxygens (including phenoxy) is 1. The molecule has 2 aromatic carbocycles. The first-order chi connectivity index (χ1) is 12.4. The molecule has 2 rings (SSSR count). The van der Waals surface area contributed by atoms with Crippen LogP contribution in [0.25, 0.3) is 0 Å². The summed E-state index contributed by atoms with van der Waals surface area (Å²) in [7, 11) is 0. The molecule has 3 nitrogen and oxygen atoms in total. The summed E-state index contributed by atoms with van der Waals surface area (Å²) < 4.78 is 5.88. The smallest absolute Gasteiger partial charge is 0.230 e. The molecule has 0 unspecified atom stereocenters. The summed E-state index contributed by atoms with van der Waals surface area (Å²) >= 11 is 1.64. The third-order valence-electron chi connectivity index (χ3n) is 4.13. The summed E-state index contributed by atoms with van der Waals surface area (Å²) in [6.45, 7) is 9.60. The number of carbonyl (C=O) groups is 1. The van der Waals surface area contributed by atoms with Crippen molar-refractivity contribution in [3.8, 4) is 5.75 Å². The molecule has 1 N–H and O–H groups in total. The number of aryl methyl sites for hydroxylation is 1. The molecule has 2 aromatic rings. The second kappa shape index (κ2) is 9.67. The molecule has 0 spiro atoms. The highest BCUT2D eigenvalue weighted by Crippen LogP contribution is 2.30. The Bertz CT molecular complexity index is 722. The number of rotatable bonds is 8. The van der Waals surface area contributed by atoms with Crippen molar-refractivity contribution in [3.63, 3.8) is 0 Å². The molecule has 0 aliphatic heterocycles. The first-order valence-corrected chi connectivity index (χ1v) is 10.1. The molecule has 0 aliphatic carbocycles. The van der Waals surface area contributed by atoms with Crippen LogP contribution in [0, 0.1) is 6.92 Å². The fraction of sp³-hybridized carbons (Fsp3) is 0.409. The Morgan fingerprint density at radius 1 is 1.08 bits per heavy atom. The summed E-state index contributed by atoms with van der Waals surface area (Å²) in [6, 6.07) is 16.4. The van der Waals surface area contributed by atoms with Crippen LogP contribution >= 0.6 is 11.8 Å². The SMILES string of the molecule is Cc1ccccc1CSCC(=O)NCCOc1ccccc1C(C)(C)C. The van der Waals surface area contributed by atoms with Gasteiger partial charge < -0.3 is 10.1 Å². The number of hydrogen-bond acceptors (Lipinski definition) is 3. The topological polar surface area (TPSA) is 38.3 Å². The van der Waals surface area contributed by atoms with Gasteiger partial charge in [-0.05, 0) is 35.1 Å². The largest absolute Gasteiger partial charge is 0.491 e. The van der Waals surface area contributed by atoms with Crippen LogP contribution in [-0.2, 0) is 16.0 Å². The van der Waals surface area contributed by atoms with Gasteiger partial charge in [0.25, 0.3) is 0 Å². The van der Waals surface area contributed by atoms with Gasteiger partial charge in [0.1, 0.15) is 12.4 Å². The monoisotopic (exact) mass is 371 g/mol. The Morgan fingerprint density at radius 3 is 2.50 bits per heavy atom. The predicted octanol–water partition coefficient (Wildman–Crippen LogP) is 4.72. The average molecular weight is 372 g/mol. The molecule has 0 bridgehead atoms. The Kier molecular flexibility index (Phi) is 7.58. The molecule has 0 radical (unpaired) electrons. The maximum atomic E-state index is 12.0. The zero-order valence-electron chi connectivity index (χ0n) is 16.2. The van der Waals surface area contributed by atoms with E-state index in [-0.39, 0.29) is 11.3 Å². The van der Waals surface area contributed by atoms with E-state index < -0.39 is 0 Å². The first kappa shape index (κ1) is 20.4. The highest BCUT2D eigenvalue weighted by Gasteiger charge is 2.18. The van der Waals surface area contributed by atoms with E-state index in [9.17, 15) is 4.79 Å². The standard InChI is InChI=1S/C22H29NO2S/c1-17-9-5-6-10-18(17)15-26-16-21(24)23-13-14-25-20-12-8-7-11-19(20)22(2,3)4/h5-12H,13-16H2,1-4H3,(H,23,24). The summed E-state index contributed by atoms with van der Waals surface area (Å²) in [4.78, 5) is 12.0. The summed E-state index contributed by atoms with van der Waals surface area (Å²) in [6.07, 6.45) is 0. The van der Waals surface area contributed by atoms with Gasteiger partial charge in [-0.2, -0.15) is 0 Å². The highest BCUT2D eigenvalue weighted by molar-refractivity contribution is 7.99. The number of benzene rings is 2. The number of amides is 1. The Hall–Kier alpha value is -1.94. The van der Waals surface area contributed by atoms with Gasteiger partial charge in [0.15, 0.2) is 0 Å². The van der Waals surface area contributed by atoms with Gasteiger partial charge in [-0.1, -0.05) is 63.2 Å². The molecule has 0 heterocycles. The van der Waals surface area contributed by atoms with E-state index in [1.165, 1.54) is 16.7 Å². The van der Waals surface area contributed by atoms with Crippen LogP contribution < -0.4 is 10.1 Å². The molecule has 140 valence electrons.